The smallest absolute Gasteiger partial charge is 0.305 e. The van der Waals surface area contributed by atoms with Crippen LogP contribution in [0.4, 0.5) is 0 Å². The van der Waals surface area contributed by atoms with Crippen LogP contribution in [0.15, 0.2) is 48.6 Å². The number of esters is 1. The Bertz CT molecular complexity index is 1050. The largest absolute Gasteiger partial charge is 0.466 e. The lowest BCUT2D eigenvalue weighted by Crippen LogP contribution is -2.45. The molecule has 0 fully saturated rings. The van der Waals surface area contributed by atoms with E-state index in [9.17, 15) is 19.8 Å². The van der Waals surface area contributed by atoms with E-state index in [1.54, 1.807) is 6.08 Å². The second kappa shape index (κ2) is 51.5. The van der Waals surface area contributed by atoms with Crippen molar-refractivity contribution in [2.75, 3.05) is 13.2 Å². The van der Waals surface area contributed by atoms with E-state index < -0.39 is 12.1 Å². The van der Waals surface area contributed by atoms with Crippen molar-refractivity contribution in [2.45, 2.75) is 283 Å². The van der Waals surface area contributed by atoms with E-state index in [0.29, 0.717) is 19.4 Å². The molecule has 1 amide bonds. The Labute approximate surface area is 385 Å². The van der Waals surface area contributed by atoms with Gasteiger partial charge in [-0.2, -0.15) is 0 Å². The third-order valence-corrected chi connectivity index (χ3v) is 12.1. The predicted molar refractivity (Wildman–Crippen MR) is 269 cm³/mol. The van der Waals surface area contributed by atoms with E-state index in [1.807, 2.05) is 6.08 Å². The van der Waals surface area contributed by atoms with Crippen LogP contribution >= 0.6 is 0 Å². The van der Waals surface area contributed by atoms with Gasteiger partial charge in [-0.1, -0.05) is 217 Å². The van der Waals surface area contributed by atoms with Gasteiger partial charge in [0, 0.05) is 12.8 Å². The van der Waals surface area contributed by atoms with Gasteiger partial charge in [-0.3, -0.25) is 9.59 Å². The van der Waals surface area contributed by atoms with E-state index in [1.165, 1.54) is 180 Å². The molecule has 0 aliphatic rings. The molecule has 0 aromatic heterocycles. The number of unbranched alkanes of at least 4 members (excludes halogenated alkanes) is 32. The lowest BCUT2D eigenvalue weighted by molar-refractivity contribution is -0.143. The molecule has 6 heteroatoms. The van der Waals surface area contributed by atoms with Crippen molar-refractivity contribution < 1.29 is 24.5 Å². The Balaban J connectivity index is 3.44. The highest BCUT2D eigenvalue weighted by Gasteiger charge is 2.18. The molecule has 3 N–H and O–H groups in total. The number of hydrogen-bond acceptors (Lipinski definition) is 5. The first kappa shape index (κ1) is 59.8. The zero-order valence-corrected chi connectivity index (χ0v) is 41.1. The van der Waals surface area contributed by atoms with E-state index in [-0.39, 0.29) is 18.5 Å². The highest BCUT2D eigenvalue weighted by molar-refractivity contribution is 5.76. The summed E-state index contributed by atoms with van der Waals surface area (Å²) >= 11 is 0. The predicted octanol–water partition coefficient (Wildman–Crippen LogP) is 16.2. The van der Waals surface area contributed by atoms with Crippen molar-refractivity contribution in [3.63, 3.8) is 0 Å². The molecular formula is C56H103NO5. The minimum atomic E-state index is -0.849. The van der Waals surface area contributed by atoms with Crippen molar-refractivity contribution in [3.8, 4) is 0 Å². The van der Waals surface area contributed by atoms with Gasteiger partial charge in [0.15, 0.2) is 0 Å². The summed E-state index contributed by atoms with van der Waals surface area (Å²) in [5, 5.41) is 22.9. The standard InChI is InChI=1S/C56H103NO5/c1-3-5-7-9-11-13-14-15-16-20-24-27-30-34-38-42-46-50-56(61)62-51-47-43-39-35-31-28-25-22-19-17-18-21-23-26-29-33-37-41-45-49-55(60)57-53(52-58)54(59)48-44-40-36-32-12-10-8-6-4-2/h11,13,15-18,44,48,53-54,58-59H,3-10,12,14,19-43,45-47,49-52H2,1-2H3,(H,57,60)/b13-11-,16-15-,18-17-,48-44+. The number of rotatable bonds is 49. The molecule has 0 rings (SSSR count). The topological polar surface area (TPSA) is 95.9 Å². The first-order chi connectivity index (χ1) is 30.5. The minimum absolute atomic E-state index is 0.00564. The van der Waals surface area contributed by atoms with Gasteiger partial charge in [-0.25, -0.2) is 0 Å². The minimum Gasteiger partial charge on any atom is -0.466 e. The van der Waals surface area contributed by atoms with Crippen molar-refractivity contribution >= 4 is 11.9 Å². The molecule has 0 spiro atoms. The fraction of sp³-hybridized carbons (Fsp3) is 0.821. The van der Waals surface area contributed by atoms with Crippen LogP contribution in [0, 0.1) is 0 Å². The van der Waals surface area contributed by atoms with E-state index in [2.05, 4.69) is 55.6 Å². The van der Waals surface area contributed by atoms with E-state index in [0.717, 1.165) is 64.2 Å². The number of amides is 1. The Kier molecular flexibility index (Phi) is 49.6. The quantitative estimate of drug-likeness (QED) is 0.0322. The number of nitrogens with one attached hydrogen (secondary N) is 1. The summed E-state index contributed by atoms with van der Waals surface area (Å²) in [6, 6.07) is -0.633. The second-order valence-electron chi connectivity index (χ2n) is 18.2. The molecule has 0 aliphatic carbocycles. The SMILES string of the molecule is CCCCC/C=C\C/C=C\CCCCCCCCCC(=O)OCCCCCCCCCC/C=C\CCCCCCCCCC(=O)NC(CO)C(O)/C=C/CCCCCCCCC. The van der Waals surface area contributed by atoms with Crippen LogP contribution in [0.2, 0.25) is 0 Å². The average Bonchev–Trinajstić information content (AvgIpc) is 3.27. The highest BCUT2D eigenvalue weighted by Crippen LogP contribution is 2.15. The first-order valence-electron chi connectivity index (χ1n) is 26.9. The monoisotopic (exact) mass is 870 g/mol. The Morgan fingerprint density at radius 3 is 1.27 bits per heavy atom. The molecule has 0 aliphatic heterocycles. The molecule has 0 saturated heterocycles. The number of carbonyl (C=O) groups excluding carboxylic acids is 2. The molecule has 2 atom stereocenters. The maximum atomic E-state index is 12.4. The molecule has 0 saturated carbocycles. The van der Waals surface area contributed by atoms with Crippen molar-refractivity contribution in [1.82, 2.24) is 5.32 Å². The molecule has 0 aromatic carbocycles. The molecule has 0 aromatic rings. The summed E-state index contributed by atoms with van der Waals surface area (Å²) < 4.78 is 5.47. The average molecular weight is 870 g/mol. The third kappa shape index (κ3) is 47.3. The Hall–Kier alpha value is -2.18. The lowest BCUT2D eigenvalue weighted by Gasteiger charge is -2.20. The van der Waals surface area contributed by atoms with Crippen LogP contribution in [-0.4, -0.2) is 47.4 Å². The molecule has 0 heterocycles. The third-order valence-electron chi connectivity index (χ3n) is 12.1. The number of aliphatic hydroxyl groups is 2. The number of carbonyl (C=O) groups is 2. The van der Waals surface area contributed by atoms with Crippen molar-refractivity contribution in [1.29, 1.82) is 0 Å². The Morgan fingerprint density at radius 1 is 0.452 bits per heavy atom. The fourth-order valence-corrected chi connectivity index (χ4v) is 7.89. The van der Waals surface area contributed by atoms with Crippen molar-refractivity contribution in [3.05, 3.63) is 48.6 Å². The molecule has 2 unspecified atom stereocenters. The summed E-state index contributed by atoms with van der Waals surface area (Å²) in [4.78, 5) is 24.4. The summed E-state index contributed by atoms with van der Waals surface area (Å²) in [5.74, 6) is -0.0874. The zero-order chi connectivity index (χ0) is 45.1. The molecular weight excluding hydrogens is 767 g/mol. The van der Waals surface area contributed by atoms with Crippen LogP contribution in [0.25, 0.3) is 0 Å². The summed E-state index contributed by atoms with van der Waals surface area (Å²) in [7, 11) is 0. The second-order valence-corrected chi connectivity index (χ2v) is 18.2. The maximum Gasteiger partial charge on any atom is 0.305 e. The number of ether oxygens (including phenoxy) is 1. The summed E-state index contributed by atoms with van der Waals surface area (Å²) in [6.45, 7) is 4.82. The van der Waals surface area contributed by atoms with Crippen LogP contribution < -0.4 is 5.32 Å². The number of allylic oxidation sites excluding steroid dienone is 7. The van der Waals surface area contributed by atoms with Gasteiger partial charge in [0.1, 0.15) is 0 Å². The molecule has 62 heavy (non-hydrogen) atoms. The van der Waals surface area contributed by atoms with Gasteiger partial charge in [-0.05, 0) is 89.9 Å². The van der Waals surface area contributed by atoms with Crippen LogP contribution in [0.5, 0.6) is 0 Å². The normalized spacial score (nSPS) is 13.0. The highest BCUT2D eigenvalue weighted by atomic mass is 16.5. The van der Waals surface area contributed by atoms with Gasteiger partial charge >= 0.3 is 5.97 Å². The fourth-order valence-electron chi connectivity index (χ4n) is 7.89. The number of aliphatic hydroxyl groups excluding tert-OH is 2. The van der Waals surface area contributed by atoms with Gasteiger partial charge < -0.3 is 20.3 Å². The van der Waals surface area contributed by atoms with E-state index >= 15 is 0 Å². The summed E-state index contributed by atoms with van der Waals surface area (Å²) in [6.07, 6.45) is 64.1. The molecule has 0 radical (unpaired) electrons. The molecule has 362 valence electrons. The van der Waals surface area contributed by atoms with Gasteiger partial charge in [0.2, 0.25) is 5.91 Å². The maximum absolute atomic E-state index is 12.4. The first-order valence-corrected chi connectivity index (χ1v) is 26.9. The number of hydrogen-bond donors (Lipinski definition) is 3. The Morgan fingerprint density at radius 2 is 0.806 bits per heavy atom. The van der Waals surface area contributed by atoms with Crippen LogP contribution in [-0.2, 0) is 14.3 Å². The zero-order valence-electron chi connectivity index (χ0n) is 41.1. The van der Waals surface area contributed by atoms with Crippen LogP contribution in [0.3, 0.4) is 0 Å². The van der Waals surface area contributed by atoms with Crippen LogP contribution in [0.1, 0.15) is 271 Å². The van der Waals surface area contributed by atoms with Gasteiger partial charge in [0.05, 0.1) is 25.4 Å². The van der Waals surface area contributed by atoms with E-state index in [4.69, 9.17) is 4.74 Å². The lowest BCUT2D eigenvalue weighted by atomic mass is 10.1. The van der Waals surface area contributed by atoms with Gasteiger partial charge in [-0.15, -0.1) is 0 Å². The molecule has 6 nitrogen and oxygen atoms in total. The van der Waals surface area contributed by atoms with Gasteiger partial charge in [0.25, 0.3) is 0 Å². The van der Waals surface area contributed by atoms with Crippen molar-refractivity contribution in [2.24, 2.45) is 0 Å². The summed E-state index contributed by atoms with van der Waals surface area (Å²) in [5.41, 5.74) is 0. The molecule has 0 bridgehead atoms.